The number of imidazole rings is 1. The highest BCUT2D eigenvalue weighted by molar-refractivity contribution is 5.75. The number of ether oxygens (including phenoxy) is 1. The molecule has 1 aliphatic rings. The zero-order valence-corrected chi connectivity index (χ0v) is 19.5. The Bertz CT molecular complexity index is 1320. The van der Waals surface area contributed by atoms with Crippen LogP contribution in [0.1, 0.15) is 12.6 Å². The number of piperazine rings is 1. The van der Waals surface area contributed by atoms with Crippen molar-refractivity contribution in [2.24, 2.45) is 7.05 Å². The number of aromatic nitrogens is 5. The maximum atomic E-state index is 13.1. The number of hydrogen-bond acceptors (Lipinski definition) is 8. The standard InChI is InChI=1S/C20H23N7O2.C2HF3O2/c1-3-4-11-27-16-17(23-19(27)26-12-9-21-10-13-26)24-20(25(2)18(16)28)29-14-15-7-5-6-8-22-15;3-2(4,5)1(6)7/h5-8,21H,9-14H2,1-2H3;(H,6,7). The Hall–Kier alpha value is -4.12. The number of anilines is 1. The van der Waals surface area contributed by atoms with Crippen molar-refractivity contribution in [1.82, 2.24) is 29.4 Å². The van der Waals surface area contributed by atoms with E-state index in [-0.39, 0.29) is 18.2 Å². The predicted octanol–water partition coefficient (Wildman–Crippen LogP) is 1.17. The molecule has 1 saturated heterocycles. The summed E-state index contributed by atoms with van der Waals surface area (Å²) in [4.78, 5) is 37.6. The number of nitrogens with zero attached hydrogens (tertiary/aromatic N) is 6. The smallest absolute Gasteiger partial charge is 0.475 e. The van der Waals surface area contributed by atoms with Gasteiger partial charge in [-0.15, -0.1) is 5.92 Å². The lowest BCUT2D eigenvalue weighted by molar-refractivity contribution is -0.192. The molecule has 1 aliphatic heterocycles. The van der Waals surface area contributed by atoms with Crippen molar-refractivity contribution < 1.29 is 27.8 Å². The molecule has 0 aliphatic carbocycles. The normalized spacial score (nSPS) is 13.4. The number of aliphatic carboxylic acids is 1. The van der Waals surface area contributed by atoms with Crippen molar-refractivity contribution in [1.29, 1.82) is 0 Å². The van der Waals surface area contributed by atoms with E-state index in [4.69, 9.17) is 14.6 Å². The van der Waals surface area contributed by atoms with E-state index in [2.05, 4.69) is 37.0 Å². The lowest BCUT2D eigenvalue weighted by Gasteiger charge is -2.28. The van der Waals surface area contributed by atoms with Crippen molar-refractivity contribution in [3.8, 4) is 17.9 Å². The molecule has 0 radical (unpaired) electrons. The molecular formula is C22H24F3N7O4. The Morgan fingerprint density at radius 1 is 1.25 bits per heavy atom. The summed E-state index contributed by atoms with van der Waals surface area (Å²) in [5.41, 5.74) is 1.36. The van der Waals surface area contributed by atoms with Crippen LogP contribution in [0, 0.1) is 11.8 Å². The van der Waals surface area contributed by atoms with E-state index in [0.717, 1.165) is 37.8 Å². The first-order valence-corrected chi connectivity index (χ1v) is 10.8. The van der Waals surface area contributed by atoms with Gasteiger partial charge in [0.2, 0.25) is 5.95 Å². The second kappa shape index (κ2) is 11.5. The van der Waals surface area contributed by atoms with Crippen LogP contribution in [0.2, 0.25) is 0 Å². The maximum absolute atomic E-state index is 13.1. The van der Waals surface area contributed by atoms with Gasteiger partial charge >= 0.3 is 18.2 Å². The fourth-order valence-electron chi connectivity index (χ4n) is 3.29. The highest BCUT2D eigenvalue weighted by Crippen LogP contribution is 2.21. The van der Waals surface area contributed by atoms with Crippen LogP contribution in [0.3, 0.4) is 0 Å². The van der Waals surface area contributed by atoms with Gasteiger partial charge in [-0.3, -0.25) is 18.9 Å². The first kappa shape index (κ1) is 26.5. The molecule has 192 valence electrons. The molecule has 0 amide bonds. The van der Waals surface area contributed by atoms with Crippen molar-refractivity contribution in [2.75, 3.05) is 31.1 Å². The zero-order chi connectivity index (χ0) is 26.3. The van der Waals surface area contributed by atoms with E-state index in [1.165, 1.54) is 4.57 Å². The van der Waals surface area contributed by atoms with Gasteiger partial charge in [-0.1, -0.05) is 12.0 Å². The first-order valence-electron chi connectivity index (χ1n) is 10.8. The van der Waals surface area contributed by atoms with E-state index >= 15 is 0 Å². The average Bonchev–Trinajstić information content (AvgIpc) is 3.23. The highest BCUT2D eigenvalue weighted by Gasteiger charge is 2.38. The minimum absolute atomic E-state index is 0.210. The van der Waals surface area contributed by atoms with Crippen LogP contribution in [0.15, 0.2) is 29.2 Å². The number of carbonyl (C=O) groups is 1. The number of carboxylic acids is 1. The summed E-state index contributed by atoms with van der Waals surface area (Å²) in [6, 6.07) is 5.80. The number of carboxylic acid groups (broad SMARTS) is 1. The minimum atomic E-state index is -5.08. The van der Waals surface area contributed by atoms with Gasteiger partial charge in [-0.05, 0) is 19.1 Å². The highest BCUT2D eigenvalue weighted by atomic mass is 19.4. The molecule has 0 atom stereocenters. The number of hydrogen-bond donors (Lipinski definition) is 2. The lowest BCUT2D eigenvalue weighted by atomic mass is 10.4. The van der Waals surface area contributed by atoms with E-state index in [1.807, 2.05) is 22.8 Å². The molecule has 3 aromatic rings. The third kappa shape index (κ3) is 6.30. The Morgan fingerprint density at radius 2 is 1.94 bits per heavy atom. The molecule has 0 bridgehead atoms. The van der Waals surface area contributed by atoms with Gasteiger partial charge in [0, 0.05) is 39.4 Å². The molecular weight excluding hydrogens is 483 g/mol. The second-order valence-corrected chi connectivity index (χ2v) is 7.51. The van der Waals surface area contributed by atoms with Gasteiger partial charge < -0.3 is 20.1 Å². The largest absolute Gasteiger partial charge is 0.490 e. The van der Waals surface area contributed by atoms with Gasteiger partial charge in [-0.25, -0.2) is 4.79 Å². The van der Waals surface area contributed by atoms with Gasteiger partial charge in [0.05, 0.1) is 12.2 Å². The maximum Gasteiger partial charge on any atom is 0.490 e. The molecule has 11 nitrogen and oxygen atoms in total. The Kier molecular flexibility index (Phi) is 8.49. The molecule has 1 fully saturated rings. The number of alkyl halides is 3. The van der Waals surface area contributed by atoms with Crippen LogP contribution in [0.5, 0.6) is 6.01 Å². The third-order valence-electron chi connectivity index (χ3n) is 5.06. The first-order chi connectivity index (χ1) is 17.1. The van der Waals surface area contributed by atoms with Crippen LogP contribution in [-0.2, 0) is 25.0 Å². The summed E-state index contributed by atoms with van der Waals surface area (Å²) in [5.74, 6) is 3.90. The van der Waals surface area contributed by atoms with Crippen molar-refractivity contribution in [3.05, 3.63) is 40.4 Å². The molecule has 0 unspecified atom stereocenters. The van der Waals surface area contributed by atoms with Crippen LogP contribution in [0.4, 0.5) is 19.1 Å². The molecule has 3 aromatic heterocycles. The van der Waals surface area contributed by atoms with Crippen LogP contribution in [0.25, 0.3) is 11.2 Å². The van der Waals surface area contributed by atoms with Gasteiger partial charge in [0.1, 0.15) is 6.61 Å². The van der Waals surface area contributed by atoms with Crippen LogP contribution >= 0.6 is 0 Å². The van der Waals surface area contributed by atoms with Gasteiger partial charge in [-0.2, -0.15) is 23.1 Å². The quantitative estimate of drug-likeness (QED) is 0.489. The Morgan fingerprint density at radius 3 is 2.53 bits per heavy atom. The van der Waals surface area contributed by atoms with Crippen molar-refractivity contribution >= 4 is 23.1 Å². The fourth-order valence-corrected chi connectivity index (χ4v) is 3.29. The molecule has 36 heavy (non-hydrogen) atoms. The molecule has 2 N–H and O–H groups in total. The second-order valence-electron chi connectivity index (χ2n) is 7.51. The summed E-state index contributed by atoms with van der Waals surface area (Å²) < 4.78 is 40.8. The SMILES string of the molecule is CC#CCn1c(N2CCNCC2)nc2nc(OCc3ccccn3)n(C)c(=O)c21.O=C(O)C(F)(F)F. The monoisotopic (exact) mass is 507 g/mol. The number of pyridine rings is 1. The summed E-state index contributed by atoms with van der Waals surface area (Å²) in [6.45, 7) is 5.75. The van der Waals surface area contributed by atoms with Gasteiger partial charge in [0.15, 0.2) is 11.2 Å². The summed E-state index contributed by atoms with van der Waals surface area (Å²) in [5, 5.41) is 10.5. The van der Waals surface area contributed by atoms with Crippen molar-refractivity contribution in [2.45, 2.75) is 26.3 Å². The molecule has 0 spiro atoms. The zero-order valence-electron chi connectivity index (χ0n) is 19.5. The van der Waals surface area contributed by atoms with E-state index in [0.29, 0.717) is 17.7 Å². The van der Waals surface area contributed by atoms with E-state index in [1.54, 1.807) is 20.2 Å². The fraction of sp³-hybridized carbons (Fsp3) is 0.409. The minimum Gasteiger partial charge on any atom is -0.475 e. The lowest BCUT2D eigenvalue weighted by Crippen LogP contribution is -2.44. The molecule has 0 saturated carbocycles. The Labute approximate surface area is 203 Å². The van der Waals surface area contributed by atoms with Crippen LogP contribution in [-0.4, -0.2) is 67.5 Å². The molecule has 0 aromatic carbocycles. The van der Waals surface area contributed by atoms with E-state index < -0.39 is 12.1 Å². The van der Waals surface area contributed by atoms with Crippen LogP contribution < -0.4 is 20.5 Å². The third-order valence-corrected chi connectivity index (χ3v) is 5.06. The molecule has 4 heterocycles. The summed E-state index contributed by atoms with van der Waals surface area (Å²) in [6.07, 6.45) is -3.38. The molecule has 14 heteroatoms. The predicted molar refractivity (Wildman–Crippen MR) is 124 cm³/mol. The number of halogens is 3. The average molecular weight is 507 g/mol. The Balaban J connectivity index is 0.000000454. The van der Waals surface area contributed by atoms with E-state index in [9.17, 15) is 18.0 Å². The summed E-state index contributed by atoms with van der Waals surface area (Å²) in [7, 11) is 1.65. The summed E-state index contributed by atoms with van der Waals surface area (Å²) >= 11 is 0. The molecule has 4 rings (SSSR count). The van der Waals surface area contributed by atoms with Gasteiger partial charge in [0.25, 0.3) is 5.56 Å². The number of rotatable bonds is 5. The van der Waals surface area contributed by atoms with Crippen molar-refractivity contribution in [3.63, 3.8) is 0 Å². The topological polar surface area (TPSA) is 127 Å². The number of fused-ring (bicyclic) bond motifs is 1. The number of nitrogens with one attached hydrogen (secondary N) is 1.